The third kappa shape index (κ3) is 6.35. The zero-order valence-electron chi connectivity index (χ0n) is 27.3. The maximum absolute atomic E-state index is 12.7. The highest BCUT2D eigenvalue weighted by Crippen LogP contribution is 2.52. The number of aromatic nitrogens is 4. The highest BCUT2D eigenvalue weighted by Gasteiger charge is 2.62. The molecule has 0 aliphatic carbocycles. The number of fused-ring (bicyclic) bond motifs is 1. The number of hydrogen-bond donors (Lipinski definition) is 3. The number of imidazole rings is 1. The van der Waals surface area contributed by atoms with Gasteiger partial charge in [0.1, 0.15) is 18.7 Å². The van der Waals surface area contributed by atoms with Crippen molar-refractivity contribution in [3.8, 4) is 0 Å². The van der Waals surface area contributed by atoms with Gasteiger partial charge in [0, 0.05) is 6.42 Å². The van der Waals surface area contributed by atoms with Crippen molar-refractivity contribution in [2.75, 3.05) is 11.9 Å². The van der Waals surface area contributed by atoms with E-state index in [1.165, 1.54) is 24.8 Å². The zero-order chi connectivity index (χ0) is 32.9. The molecular formula is C29H46N6O6SSi2. The summed E-state index contributed by atoms with van der Waals surface area (Å²) in [5, 5.41) is 13.7. The van der Waals surface area contributed by atoms with Crippen LogP contribution < -0.4 is 10.0 Å². The number of anilines is 1. The van der Waals surface area contributed by atoms with Crippen molar-refractivity contribution in [2.24, 2.45) is 0 Å². The van der Waals surface area contributed by atoms with E-state index in [1.54, 1.807) is 22.8 Å². The van der Waals surface area contributed by atoms with E-state index in [-0.39, 0.29) is 32.9 Å². The molecule has 15 heteroatoms. The number of rotatable bonds is 8. The molecule has 242 valence electrons. The zero-order valence-corrected chi connectivity index (χ0v) is 30.1. The first kappa shape index (κ1) is 34.2. The van der Waals surface area contributed by atoms with Gasteiger partial charge in [0.25, 0.3) is 10.0 Å². The molecule has 1 fully saturated rings. The largest absolute Gasteiger partial charge is 0.414 e. The SMILES string of the molecule is CC(C)(C)[Si](C)(C)OC[C@H]1O[C@@H](n2cnc3c(NC(=O)NS(=O)(=O)c4ccccc4)ncnc32)C[C@@]1(O)[Si](C)(C)C(C)(C)C. The molecule has 2 aromatic heterocycles. The summed E-state index contributed by atoms with van der Waals surface area (Å²) in [6.07, 6.45) is 1.92. The summed E-state index contributed by atoms with van der Waals surface area (Å²) < 4.78 is 42.2. The fourth-order valence-corrected chi connectivity index (χ4v) is 9.83. The van der Waals surface area contributed by atoms with Crippen LogP contribution in [-0.2, 0) is 19.2 Å². The Balaban J connectivity index is 1.63. The maximum atomic E-state index is 12.7. The second kappa shape index (κ2) is 11.6. The van der Waals surface area contributed by atoms with Crippen LogP contribution in [0.25, 0.3) is 11.2 Å². The minimum absolute atomic E-state index is 0.00626. The van der Waals surface area contributed by atoms with Gasteiger partial charge in [-0.25, -0.2) is 32.9 Å². The minimum atomic E-state index is -4.10. The summed E-state index contributed by atoms with van der Waals surface area (Å²) in [5.74, 6) is 0.0324. The number of carbonyl (C=O) groups excluding carboxylic acids is 1. The molecule has 0 unspecified atom stereocenters. The van der Waals surface area contributed by atoms with Crippen molar-refractivity contribution in [2.45, 2.75) is 107 Å². The molecule has 2 amide bonds. The van der Waals surface area contributed by atoms with Crippen LogP contribution in [0.3, 0.4) is 0 Å². The number of sulfonamides is 1. The van der Waals surface area contributed by atoms with Crippen LogP contribution >= 0.6 is 0 Å². The predicted molar refractivity (Wildman–Crippen MR) is 175 cm³/mol. The molecule has 3 atom stereocenters. The lowest BCUT2D eigenvalue weighted by molar-refractivity contribution is -0.0549. The van der Waals surface area contributed by atoms with E-state index in [0.29, 0.717) is 12.1 Å². The van der Waals surface area contributed by atoms with E-state index in [1.807, 2.05) is 4.72 Å². The van der Waals surface area contributed by atoms with Gasteiger partial charge < -0.3 is 14.3 Å². The minimum Gasteiger partial charge on any atom is -0.414 e. The summed E-state index contributed by atoms with van der Waals surface area (Å²) >= 11 is 0. The van der Waals surface area contributed by atoms with Crippen molar-refractivity contribution in [1.82, 2.24) is 24.2 Å². The maximum Gasteiger partial charge on any atom is 0.334 e. The Labute approximate surface area is 262 Å². The van der Waals surface area contributed by atoms with Crippen LogP contribution in [0.2, 0.25) is 36.3 Å². The first-order valence-corrected chi connectivity index (χ1v) is 22.1. The smallest absolute Gasteiger partial charge is 0.334 e. The van der Waals surface area contributed by atoms with Gasteiger partial charge in [0.2, 0.25) is 0 Å². The van der Waals surface area contributed by atoms with Gasteiger partial charge in [-0.1, -0.05) is 72.8 Å². The number of benzene rings is 1. The number of aliphatic hydroxyl groups is 1. The van der Waals surface area contributed by atoms with Crippen LogP contribution in [0, 0.1) is 0 Å². The van der Waals surface area contributed by atoms with E-state index >= 15 is 0 Å². The lowest BCUT2D eigenvalue weighted by atomic mass is 10.1. The molecule has 44 heavy (non-hydrogen) atoms. The van der Waals surface area contributed by atoms with Crippen LogP contribution in [0.4, 0.5) is 10.6 Å². The Morgan fingerprint density at radius 2 is 1.70 bits per heavy atom. The Bertz CT molecular complexity index is 1620. The first-order chi connectivity index (χ1) is 20.1. The van der Waals surface area contributed by atoms with Gasteiger partial charge in [-0.2, -0.15) is 0 Å². The second-order valence-electron chi connectivity index (χ2n) is 14.6. The van der Waals surface area contributed by atoms with Gasteiger partial charge in [-0.15, -0.1) is 0 Å². The van der Waals surface area contributed by atoms with Gasteiger partial charge >= 0.3 is 6.03 Å². The van der Waals surface area contributed by atoms with Crippen molar-refractivity contribution in [3.63, 3.8) is 0 Å². The Hall–Kier alpha value is -2.70. The van der Waals surface area contributed by atoms with Crippen molar-refractivity contribution in [1.29, 1.82) is 0 Å². The van der Waals surface area contributed by atoms with E-state index in [9.17, 15) is 18.3 Å². The van der Waals surface area contributed by atoms with Gasteiger partial charge in [0.05, 0.1) is 31.1 Å². The van der Waals surface area contributed by atoms with E-state index in [4.69, 9.17) is 9.16 Å². The summed E-state index contributed by atoms with van der Waals surface area (Å²) in [7, 11) is -8.66. The average molecular weight is 663 g/mol. The Morgan fingerprint density at radius 3 is 2.30 bits per heavy atom. The fraction of sp³-hybridized carbons (Fsp3) is 0.586. The lowest BCUT2D eigenvalue weighted by Gasteiger charge is -2.49. The summed E-state index contributed by atoms with van der Waals surface area (Å²) in [5.41, 5.74) is 0.620. The monoisotopic (exact) mass is 662 g/mol. The molecule has 0 bridgehead atoms. The van der Waals surface area contributed by atoms with Crippen molar-refractivity contribution in [3.05, 3.63) is 43.0 Å². The molecule has 0 radical (unpaired) electrons. The van der Waals surface area contributed by atoms with Crippen LogP contribution in [0.1, 0.15) is 54.2 Å². The van der Waals surface area contributed by atoms with Crippen LogP contribution in [0.5, 0.6) is 0 Å². The van der Waals surface area contributed by atoms with Crippen LogP contribution in [-0.4, -0.2) is 73.4 Å². The molecular weight excluding hydrogens is 617 g/mol. The number of nitrogens with one attached hydrogen (secondary N) is 2. The number of urea groups is 1. The molecule has 3 heterocycles. The molecule has 4 rings (SSSR count). The van der Waals surface area contributed by atoms with E-state index in [2.05, 4.69) is 88.0 Å². The molecule has 1 aliphatic rings. The fourth-order valence-electron chi connectivity index (χ4n) is 4.96. The van der Waals surface area contributed by atoms with Crippen LogP contribution in [0.15, 0.2) is 47.9 Å². The Morgan fingerprint density at radius 1 is 1.07 bits per heavy atom. The highest BCUT2D eigenvalue weighted by atomic mass is 32.2. The third-order valence-electron chi connectivity index (χ3n) is 9.88. The highest BCUT2D eigenvalue weighted by molar-refractivity contribution is 7.90. The average Bonchev–Trinajstić information content (AvgIpc) is 3.49. The standard InChI is InChI=1S/C29H46N6O6SSi2/c1-27(2,3)43(7,8)29(37)16-22(41-21(29)17-40-44(9,10)28(4,5)6)35-19-32-23-24(30-18-31-25(23)35)33-26(36)34-42(38,39)20-14-12-11-13-15-20/h11-15,18-19,21-22,37H,16-17H2,1-10H3,(H2,30,31,33,34,36)/t21-,22-,29-/m1/s1. The molecule has 0 spiro atoms. The topological polar surface area (TPSA) is 158 Å². The number of carbonyl (C=O) groups is 1. The number of amides is 2. The summed E-state index contributed by atoms with van der Waals surface area (Å²) in [6.45, 7) is 22.0. The van der Waals surface area contributed by atoms with Crippen molar-refractivity contribution >= 4 is 49.4 Å². The lowest BCUT2D eigenvalue weighted by Crippen LogP contribution is -2.65. The molecule has 1 saturated heterocycles. The predicted octanol–water partition coefficient (Wildman–Crippen LogP) is 5.42. The van der Waals surface area contributed by atoms with Gasteiger partial charge in [0.15, 0.2) is 25.3 Å². The molecule has 12 nitrogen and oxygen atoms in total. The second-order valence-corrected chi connectivity index (χ2v) is 26.7. The third-order valence-corrected chi connectivity index (χ3v) is 22.2. The Kier molecular flexibility index (Phi) is 9.00. The summed E-state index contributed by atoms with van der Waals surface area (Å²) in [6, 6.07) is 6.59. The number of nitrogens with zero attached hydrogens (tertiary/aromatic N) is 4. The summed E-state index contributed by atoms with van der Waals surface area (Å²) in [4.78, 5) is 25.6. The van der Waals surface area contributed by atoms with Crippen molar-refractivity contribution < 1.29 is 27.5 Å². The molecule has 3 aromatic rings. The molecule has 0 saturated carbocycles. The van der Waals surface area contributed by atoms with Gasteiger partial charge in [-0.05, 0) is 35.3 Å². The molecule has 1 aliphatic heterocycles. The number of ether oxygens (including phenoxy) is 1. The first-order valence-electron chi connectivity index (χ1n) is 14.7. The van der Waals surface area contributed by atoms with Gasteiger partial charge in [-0.3, -0.25) is 9.88 Å². The quantitative estimate of drug-likeness (QED) is 0.268. The number of hydrogen-bond acceptors (Lipinski definition) is 9. The molecule has 1 aromatic carbocycles. The van der Waals surface area contributed by atoms with E-state index in [0.717, 1.165) is 0 Å². The normalized spacial score (nSPS) is 21.9. The van der Waals surface area contributed by atoms with E-state index < -0.39 is 50.0 Å². The molecule has 3 N–H and O–H groups in total.